The summed E-state index contributed by atoms with van der Waals surface area (Å²) in [5, 5.41) is 17.6. The summed E-state index contributed by atoms with van der Waals surface area (Å²) in [5.74, 6) is -3.32. The van der Waals surface area contributed by atoms with Gasteiger partial charge in [0.1, 0.15) is 18.1 Å². The van der Waals surface area contributed by atoms with Crippen LogP contribution in [0.4, 0.5) is 0 Å². The minimum absolute atomic E-state index is 0.00367. The molecular weight excluding hydrogens is 530 g/mol. The van der Waals surface area contributed by atoms with Crippen molar-refractivity contribution in [1.82, 2.24) is 25.9 Å². The molecule has 0 bridgehead atoms. The topological polar surface area (TPSA) is 244 Å². The number of guanidine groups is 1. The number of benzene rings is 1. The molecule has 3 amide bonds. The number of carboxylic acids is 1. The number of nitrogens with zero attached hydrogens (tertiary/aromatic N) is 2. The summed E-state index contributed by atoms with van der Waals surface area (Å²) >= 11 is 0. The van der Waals surface area contributed by atoms with Gasteiger partial charge in [0.15, 0.2) is 5.96 Å². The van der Waals surface area contributed by atoms with E-state index in [4.69, 9.17) is 17.2 Å². The zero-order valence-corrected chi connectivity index (χ0v) is 23.4. The summed E-state index contributed by atoms with van der Waals surface area (Å²) in [5.41, 5.74) is 18.1. The minimum Gasteiger partial charge on any atom is -0.480 e. The molecule has 0 aliphatic carbocycles. The summed E-state index contributed by atoms with van der Waals surface area (Å²) in [6.45, 7) is 3.95. The number of aromatic amines is 1. The molecule has 0 saturated heterocycles. The maximum Gasteiger partial charge on any atom is 0.326 e. The molecule has 0 fully saturated rings. The van der Waals surface area contributed by atoms with Crippen LogP contribution in [-0.4, -0.2) is 75.4 Å². The molecule has 0 aliphatic rings. The Labute approximate surface area is 238 Å². The zero-order valence-electron chi connectivity index (χ0n) is 23.4. The Kier molecular flexibility index (Phi) is 13.3. The number of nitrogens with two attached hydrogens (primary N) is 3. The molecule has 2 rings (SSSR count). The predicted octanol–water partition coefficient (Wildman–Crippen LogP) is -0.839. The van der Waals surface area contributed by atoms with Gasteiger partial charge in [-0.25, -0.2) is 9.78 Å². The van der Waals surface area contributed by atoms with Crippen molar-refractivity contribution in [1.29, 1.82) is 0 Å². The summed E-state index contributed by atoms with van der Waals surface area (Å²) in [6, 6.07) is 4.54. The second-order valence-corrected chi connectivity index (χ2v) is 9.85. The van der Waals surface area contributed by atoms with Crippen LogP contribution in [-0.2, 0) is 32.0 Å². The standard InChI is InChI=1S/C27H41N9O5/c1-3-16(2)22(28)25(39)34-19(10-7-11-32-27(29)30)23(37)35-20(13-18-14-31-15-33-18)24(38)36-21(26(40)41)12-17-8-5-4-6-9-17/h4-6,8-9,14-16,19-22H,3,7,10-13,28H2,1-2H3,(H,31,33)(H,34,39)(H,35,37)(H,36,38)(H,40,41)(H4,29,30,32). The Balaban J connectivity index is 2.23. The van der Waals surface area contributed by atoms with E-state index in [0.717, 1.165) is 5.56 Å². The van der Waals surface area contributed by atoms with Crippen LogP contribution < -0.4 is 33.2 Å². The number of carbonyl (C=O) groups excluding carboxylic acids is 3. The fraction of sp³-hybridized carbons (Fsp3) is 0.481. The molecule has 0 saturated carbocycles. The Hall–Kier alpha value is -4.46. The van der Waals surface area contributed by atoms with E-state index < -0.39 is 47.9 Å². The number of carbonyl (C=O) groups is 4. The van der Waals surface area contributed by atoms with Gasteiger partial charge < -0.3 is 43.2 Å². The van der Waals surface area contributed by atoms with Gasteiger partial charge in [-0.15, -0.1) is 0 Å². The second-order valence-electron chi connectivity index (χ2n) is 9.85. The molecule has 14 heteroatoms. The van der Waals surface area contributed by atoms with Crippen molar-refractivity contribution in [3.63, 3.8) is 0 Å². The third-order valence-electron chi connectivity index (χ3n) is 6.65. The maximum absolute atomic E-state index is 13.4. The maximum atomic E-state index is 13.4. The number of aromatic nitrogens is 2. The largest absolute Gasteiger partial charge is 0.480 e. The van der Waals surface area contributed by atoms with Gasteiger partial charge in [0.2, 0.25) is 17.7 Å². The number of imidazole rings is 1. The van der Waals surface area contributed by atoms with E-state index in [1.54, 1.807) is 30.3 Å². The second kappa shape index (κ2) is 16.6. The molecule has 41 heavy (non-hydrogen) atoms. The lowest BCUT2D eigenvalue weighted by molar-refractivity contribution is -0.142. The lowest BCUT2D eigenvalue weighted by Crippen LogP contribution is -2.58. The Morgan fingerprint density at radius 1 is 0.976 bits per heavy atom. The quantitative estimate of drug-likeness (QED) is 0.0669. The number of aliphatic carboxylic acids is 1. The van der Waals surface area contributed by atoms with Gasteiger partial charge in [0.05, 0.1) is 12.4 Å². The van der Waals surface area contributed by atoms with Crippen molar-refractivity contribution < 1.29 is 24.3 Å². The first-order valence-corrected chi connectivity index (χ1v) is 13.5. The number of nitrogens with one attached hydrogen (secondary N) is 4. The van der Waals surface area contributed by atoms with Crippen molar-refractivity contribution in [2.75, 3.05) is 6.54 Å². The number of carboxylic acid groups (broad SMARTS) is 1. The summed E-state index contributed by atoms with van der Waals surface area (Å²) in [6.07, 6.45) is 4.13. The SMILES string of the molecule is CCC(C)C(N)C(=O)NC(CCCN=C(N)N)C(=O)NC(Cc1cnc[nH]1)C(=O)NC(Cc1ccccc1)C(=O)O. The minimum atomic E-state index is -1.24. The van der Waals surface area contributed by atoms with Gasteiger partial charge in [0.25, 0.3) is 0 Å². The van der Waals surface area contributed by atoms with Crippen LogP contribution in [0, 0.1) is 5.92 Å². The monoisotopic (exact) mass is 571 g/mol. The summed E-state index contributed by atoms with van der Waals surface area (Å²) in [7, 11) is 0. The average molecular weight is 572 g/mol. The molecule has 11 N–H and O–H groups in total. The normalized spacial score (nSPS) is 14.5. The number of H-pyrrole nitrogens is 1. The fourth-order valence-corrected chi connectivity index (χ4v) is 3.97. The molecule has 1 aromatic heterocycles. The van der Waals surface area contributed by atoms with Crippen LogP contribution in [0.2, 0.25) is 0 Å². The number of hydrogen-bond donors (Lipinski definition) is 8. The van der Waals surface area contributed by atoms with E-state index in [9.17, 15) is 24.3 Å². The van der Waals surface area contributed by atoms with E-state index >= 15 is 0 Å². The van der Waals surface area contributed by atoms with Crippen molar-refractivity contribution >= 4 is 29.7 Å². The molecule has 0 aliphatic heterocycles. The number of rotatable bonds is 17. The first-order chi connectivity index (χ1) is 19.5. The van der Waals surface area contributed by atoms with Crippen LogP contribution in [0.3, 0.4) is 0 Å². The highest BCUT2D eigenvalue weighted by Gasteiger charge is 2.31. The first-order valence-electron chi connectivity index (χ1n) is 13.5. The van der Waals surface area contributed by atoms with Crippen LogP contribution in [0.25, 0.3) is 0 Å². The van der Waals surface area contributed by atoms with Crippen LogP contribution in [0.15, 0.2) is 47.8 Å². The van der Waals surface area contributed by atoms with Gasteiger partial charge in [-0.05, 0) is 24.3 Å². The van der Waals surface area contributed by atoms with Crippen molar-refractivity contribution in [3.8, 4) is 0 Å². The molecule has 14 nitrogen and oxygen atoms in total. The van der Waals surface area contributed by atoms with E-state index in [1.807, 2.05) is 13.8 Å². The Morgan fingerprint density at radius 2 is 1.61 bits per heavy atom. The average Bonchev–Trinajstić information content (AvgIpc) is 3.46. The highest BCUT2D eigenvalue weighted by Crippen LogP contribution is 2.09. The molecule has 2 aromatic rings. The molecule has 0 radical (unpaired) electrons. The smallest absolute Gasteiger partial charge is 0.326 e. The molecule has 1 heterocycles. The third kappa shape index (κ3) is 11.3. The number of amides is 3. The van der Waals surface area contributed by atoms with E-state index in [2.05, 4.69) is 30.9 Å². The van der Waals surface area contributed by atoms with E-state index in [0.29, 0.717) is 18.5 Å². The number of hydrogen-bond acceptors (Lipinski definition) is 7. The zero-order chi connectivity index (χ0) is 30.4. The molecule has 5 atom stereocenters. The summed E-state index contributed by atoms with van der Waals surface area (Å²) in [4.78, 5) is 62.3. The fourth-order valence-electron chi connectivity index (χ4n) is 3.97. The summed E-state index contributed by atoms with van der Waals surface area (Å²) < 4.78 is 0. The van der Waals surface area contributed by atoms with Gasteiger partial charge in [0, 0.05) is 31.3 Å². The van der Waals surface area contributed by atoms with E-state index in [-0.39, 0.29) is 37.7 Å². The molecule has 224 valence electrons. The van der Waals surface area contributed by atoms with Gasteiger partial charge >= 0.3 is 5.97 Å². The van der Waals surface area contributed by atoms with Crippen molar-refractivity contribution in [2.45, 2.75) is 70.1 Å². The van der Waals surface area contributed by atoms with Crippen LogP contribution in [0.5, 0.6) is 0 Å². The van der Waals surface area contributed by atoms with Gasteiger partial charge in [-0.3, -0.25) is 19.4 Å². The molecule has 1 aromatic carbocycles. The third-order valence-corrected chi connectivity index (χ3v) is 6.65. The molecule has 0 spiro atoms. The highest BCUT2D eigenvalue weighted by atomic mass is 16.4. The van der Waals surface area contributed by atoms with Crippen molar-refractivity contribution in [3.05, 3.63) is 54.1 Å². The highest BCUT2D eigenvalue weighted by molar-refractivity contribution is 5.94. The first kappa shape index (κ1) is 32.8. The van der Waals surface area contributed by atoms with Crippen LogP contribution >= 0.6 is 0 Å². The van der Waals surface area contributed by atoms with Gasteiger partial charge in [-0.1, -0.05) is 50.6 Å². The van der Waals surface area contributed by atoms with Crippen molar-refractivity contribution in [2.24, 2.45) is 28.1 Å². The lowest BCUT2D eigenvalue weighted by Gasteiger charge is -2.26. The Bertz CT molecular complexity index is 1150. The predicted molar refractivity (Wildman–Crippen MR) is 153 cm³/mol. The molecule has 5 unspecified atom stereocenters. The lowest BCUT2D eigenvalue weighted by atomic mass is 9.98. The number of aliphatic imine (C=N–C) groups is 1. The Morgan fingerprint density at radius 3 is 2.20 bits per heavy atom. The van der Waals surface area contributed by atoms with Crippen LogP contribution in [0.1, 0.15) is 44.4 Å². The van der Waals surface area contributed by atoms with E-state index in [1.165, 1.54) is 12.5 Å². The van der Waals surface area contributed by atoms with Gasteiger partial charge in [-0.2, -0.15) is 0 Å². The molecular formula is C27H41N9O5.